The Morgan fingerprint density at radius 3 is 2.43 bits per heavy atom. The van der Waals surface area contributed by atoms with Gasteiger partial charge >= 0.3 is 12.2 Å². The molecule has 0 spiro atoms. The Balaban J connectivity index is 1.41. The summed E-state index contributed by atoms with van der Waals surface area (Å²) in [6.07, 6.45) is 2.92. The van der Waals surface area contributed by atoms with Crippen molar-refractivity contribution < 1.29 is 18.0 Å². The molecule has 3 aromatic carbocycles. The summed E-state index contributed by atoms with van der Waals surface area (Å²) in [5.74, 6) is 0.724. The van der Waals surface area contributed by atoms with E-state index in [-0.39, 0.29) is 5.69 Å². The lowest BCUT2D eigenvalue weighted by atomic mass is 10.1. The van der Waals surface area contributed by atoms with E-state index in [1.165, 1.54) is 12.1 Å². The van der Waals surface area contributed by atoms with Crippen molar-refractivity contribution in [3.05, 3.63) is 108 Å². The number of anilines is 3. The number of amides is 2. The molecule has 11 heteroatoms. The zero-order valence-electron chi connectivity index (χ0n) is 22.7. The third-order valence-electron chi connectivity index (χ3n) is 6.59. The van der Waals surface area contributed by atoms with E-state index < -0.39 is 17.8 Å². The minimum atomic E-state index is -4.51. The predicted molar refractivity (Wildman–Crippen MR) is 160 cm³/mol. The van der Waals surface area contributed by atoms with Crippen LogP contribution in [0.3, 0.4) is 0 Å². The Morgan fingerprint density at radius 2 is 1.71 bits per heavy atom. The third-order valence-corrected chi connectivity index (χ3v) is 6.84. The molecule has 0 aliphatic carbocycles. The van der Waals surface area contributed by atoms with Crippen LogP contribution in [0.1, 0.15) is 30.9 Å². The number of aromatic nitrogens is 3. The molecule has 0 atom stereocenters. The van der Waals surface area contributed by atoms with Crippen molar-refractivity contribution in [1.82, 2.24) is 14.4 Å². The smallest absolute Gasteiger partial charge is 0.349 e. The maximum atomic E-state index is 13.0. The Bertz CT molecular complexity index is 1690. The summed E-state index contributed by atoms with van der Waals surface area (Å²) in [7, 11) is 0. The predicted octanol–water partition coefficient (Wildman–Crippen LogP) is 8.52. The number of urea groups is 1. The third kappa shape index (κ3) is 7.01. The van der Waals surface area contributed by atoms with Gasteiger partial charge in [-0.3, -0.25) is 0 Å². The number of unbranched alkanes of at least 4 members (excludes halogenated alkanes) is 1. The van der Waals surface area contributed by atoms with Gasteiger partial charge in [-0.1, -0.05) is 55.3 Å². The summed E-state index contributed by atoms with van der Waals surface area (Å²) in [6.45, 7) is 3.53. The Hall–Kier alpha value is -4.57. The lowest BCUT2D eigenvalue weighted by Gasteiger charge is -2.25. The van der Waals surface area contributed by atoms with Gasteiger partial charge in [-0.2, -0.15) is 13.2 Å². The van der Waals surface area contributed by atoms with Crippen molar-refractivity contribution in [1.29, 1.82) is 0 Å². The molecule has 0 unspecified atom stereocenters. The number of nitrogens with zero attached hydrogens (tertiary/aromatic N) is 4. The van der Waals surface area contributed by atoms with E-state index >= 15 is 0 Å². The number of halogens is 4. The molecule has 2 N–H and O–H groups in total. The van der Waals surface area contributed by atoms with E-state index in [1.807, 2.05) is 47.1 Å². The van der Waals surface area contributed by atoms with Crippen molar-refractivity contribution in [3.63, 3.8) is 0 Å². The molecule has 5 aromatic rings. The molecule has 42 heavy (non-hydrogen) atoms. The average molecular weight is 593 g/mol. The van der Waals surface area contributed by atoms with Crippen molar-refractivity contribution >= 4 is 40.5 Å². The van der Waals surface area contributed by atoms with Gasteiger partial charge in [0.15, 0.2) is 11.5 Å². The fourth-order valence-electron chi connectivity index (χ4n) is 4.51. The van der Waals surface area contributed by atoms with Crippen molar-refractivity contribution in [2.75, 3.05) is 22.1 Å². The first kappa shape index (κ1) is 28.9. The first-order chi connectivity index (χ1) is 20.2. The number of alkyl halides is 3. The van der Waals surface area contributed by atoms with Crippen LogP contribution in [0.4, 0.5) is 35.2 Å². The molecule has 0 bridgehead atoms. The fraction of sp³-hybridized carbons (Fsp3) is 0.194. The van der Waals surface area contributed by atoms with Crippen LogP contribution in [-0.2, 0) is 12.7 Å². The van der Waals surface area contributed by atoms with Gasteiger partial charge in [-0.05, 0) is 54.4 Å². The zero-order valence-corrected chi connectivity index (χ0v) is 23.5. The maximum Gasteiger partial charge on any atom is 0.416 e. The van der Waals surface area contributed by atoms with Gasteiger partial charge in [0.2, 0.25) is 0 Å². The number of nitrogens with one attached hydrogen (secondary N) is 2. The standard InChI is InChI=1S/C31H28ClF3N6O/c1-2-3-15-40(19-21-10-12-24(32)13-11-21)29-28-36-14-16-41(28)20-27(39-29)22-6-4-8-25(17-22)37-30(42)38-26-9-5-7-23(18-26)31(33,34)35/h4-14,16-18,20H,2-3,15,19H2,1H3,(H2,37,38,42). The minimum Gasteiger partial charge on any atom is -0.349 e. The second kappa shape index (κ2) is 12.5. The number of carbonyl (C=O) groups is 1. The van der Waals surface area contributed by atoms with Gasteiger partial charge in [0.25, 0.3) is 0 Å². The number of imidazole rings is 1. The van der Waals surface area contributed by atoms with Crippen LogP contribution in [0.2, 0.25) is 5.02 Å². The normalized spacial score (nSPS) is 11.5. The monoisotopic (exact) mass is 592 g/mol. The summed E-state index contributed by atoms with van der Waals surface area (Å²) in [6, 6.07) is 18.6. The highest BCUT2D eigenvalue weighted by atomic mass is 35.5. The molecule has 2 aromatic heterocycles. The van der Waals surface area contributed by atoms with Crippen LogP contribution in [-0.4, -0.2) is 26.9 Å². The van der Waals surface area contributed by atoms with Gasteiger partial charge in [0.05, 0.1) is 11.3 Å². The summed E-state index contributed by atoms with van der Waals surface area (Å²) in [4.78, 5) is 24.4. The second-order valence-electron chi connectivity index (χ2n) is 9.75. The lowest BCUT2D eigenvalue weighted by Crippen LogP contribution is -2.26. The molecule has 0 radical (unpaired) electrons. The second-order valence-corrected chi connectivity index (χ2v) is 10.2. The minimum absolute atomic E-state index is 0.0307. The van der Waals surface area contributed by atoms with Crippen LogP contribution in [0.25, 0.3) is 16.9 Å². The van der Waals surface area contributed by atoms with E-state index in [0.717, 1.165) is 54.1 Å². The summed E-state index contributed by atoms with van der Waals surface area (Å²) in [5, 5.41) is 5.83. The van der Waals surface area contributed by atoms with Gasteiger partial charge in [0.1, 0.15) is 0 Å². The number of benzene rings is 3. The maximum absolute atomic E-state index is 13.0. The number of hydrogen-bond acceptors (Lipinski definition) is 4. The molecule has 5 rings (SSSR count). The van der Waals surface area contributed by atoms with E-state index in [1.54, 1.807) is 24.4 Å². The number of carbonyl (C=O) groups excluding carboxylic acids is 1. The van der Waals surface area contributed by atoms with Crippen LogP contribution in [0.15, 0.2) is 91.4 Å². The van der Waals surface area contributed by atoms with E-state index in [0.29, 0.717) is 22.9 Å². The molecule has 0 fully saturated rings. The number of fused-ring (bicyclic) bond motifs is 1. The summed E-state index contributed by atoms with van der Waals surface area (Å²) in [5.41, 5.74) is 2.85. The highest BCUT2D eigenvalue weighted by Gasteiger charge is 2.30. The lowest BCUT2D eigenvalue weighted by molar-refractivity contribution is -0.137. The molecular formula is C31H28ClF3N6O. The Morgan fingerprint density at radius 1 is 1.00 bits per heavy atom. The van der Waals surface area contributed by atoms with Crippen molar-refractivity contribution in [2.45, 2.75) is 32.5 Å². The van der Waals surface area contributed by atoms with Crippen LogP contribution in [0.5, 0.6) is 0 Å². The first-order valence-electron chi connectivity index (χ1n) is 13.4. The molecule has 2 amide bonds. The molecule has 0 saturated carbocycles. The van der Waals surface area contributed by atoms with Gasteiger partial charge < -0.3 is 19.9 Å². The molecule has 7 nitrogen and oxygen atoms in total. The molecule has 0 aliphatic rings. The van der Waals surface area contributed by atoms with E-state index in [9.17, 15) is 18.0 Å². The van der Waals surface area contributed by atoms with Gasteiger partial charge in [-0.25, -0.2) is 14.8 Å². The van der Waals surface area contributed by atoms with Crippen molar-refractivity contribution in [2.24, 2.45) is 0 Å². The number of hydrogen-bond donors (Lipinski definition) is 2. The van der Waals surface area contributed by atoms with Crippen LogP contribution >= 0.6 is 11.6 Å². The highest BCUT2D eigenvalue weighted by molar-refractivity contribution is 6.30. The molecule has 2 heterocycles. The molecule has 0 aliphatic heterocycles. The SMILES string of the molecule is CCCCN(Cc1ccc(Cl)cc1)c1nc(-c2cccc(NC(=O)Nc3cccc(C(F)(F)F)c3)c2)cn2ccnc12. The summed E-state index contributed by atoms with van der Waals surface area (Å²) >= 11 is 6.10. The molecular weight excluding hydrogens is 565 g/mol. The zero-order chi connectivity index (χ0) is 29.7. The average Bonchev–Trinajstić information content (AvgIpc) is 3.45. The van der Waals surface area contributed by atoms with E-state index in [4.69, 9.17) is 16.6 Å². The molecule has 0 saturated heterocycles. The van der Waals surface area contributed by atoms with Crippen molar-refractivity contribution in [3.8, 4) is 11.3 Å². The van der Waals surface area contributed by atoms with E-state index in [2.05, 4.69) is 27.4 Å². The fourth-order valence-corrected chi connectivity index (χ4v) is 4.63. The number of rotatable bonds is 9. The highest BCUT2D eigenvalue weighted by Crippen LogP contribution is 2.31. The topological polar surface area (TPSA) is 74.6 Å². The van der Waals surface area contributed by atoms with Gasteiger partial charge in [-0.15, -0.1) is 0 Å². The largest absolute Gasteiger partial charge is 0.416 e. The first-order valence-corrected chi connectivity index (χ1v) is 13.8. The Kier molecular flexibility index (Phi) is 8.63. The van der Waals surface area contributed by atoms with Crippen LogP contribution < -0.4 is 15.5 Å². The van der Waals surface area contributed by atoms with Gasteiger partial charge in [0, 0.05) is 53.6 Å². The van der Waals surface area contributed by atoms with Crippen LogP contribution in [0, 0.1) is 0 Å². The summed E-state index contributed by atoms with van der Waals surface area (Å²) < 4.78 is 41.1. The quantitative estimate of drug-likeness (QED) is 0.180. The molecule has 216 valence electrons. The Labute approximate surface area is 246 Å².